The molecule has 2 heterocycles. The van der Waals surface area contributed by atoms with Crippen LogP contribution in [0.15, 0.2) is 72.9 Å². The Hall–Kier alpha value is -4.17. The Balaban J connectivity index is 1.13. The van der Waals surface area contributed by atoms with E-state index in [-0.39, 0.29) is 17.9 Å². The van der Waals surface area contributed by atoms with Crippen molar-refractivity contribution in [3.63, 3.8) is 0 Å². The monoisotopic (exact) mass is 495 g/mol. The summed E-state index contributed by atoms with van der Waals surface area (Å²) in [6, 6.07) is 21.0. The topological polar surface area (TPSA) is 99.5 Å². The van der Waals surface area contributed by atoms with Gasteiger partial charge in [-0.2, -0.15) is 5.10 Å². The number of aliphatic hydroxyl groups is 1. The van der Waals surface area contributed by atoms with Crippen LogP contribution in [0, 0.1) is 0 Å². The molecule has 1 aliphatic heterocycles. The molecule has 37 heavy (non-hydrogen) atoms. The second kappa shape index (κ2) is 9.71. The Labute approximate surface area is 214 Å². The Morgan fingerprint density at radius 1 is 0.811 bits per heavy atom. The summed E-state index contributed by atoms with van der Waals surface area (Å²) in [5, 5.41) is 21.1. The van der Waals surface area contributed by atoms with Crippen molar-refractivity contribution < 1.29 is 14.7 Å². The highest BCUT2D eigenvalue weighted by Crippen LogP contribution is 2.25. The number of benzene rings is 3. The number of aromatic nitrogens is 2. The first-order valence-electron chi connectivity index (χ1n) is 12.8. The zero-order valence-corrected chi connectivity index (χ0v) is 20.4. The molecule has 2 aliphatic rings. The predicted octanol–water partition coefficient (Wildman–Crippen LogP) is 4.13. The standard InChI is InChI=1S/C29H29N5O3/c35-26-13-15-33(16-14-26)24-8-1-19(2-9-24)29(37)32-23-7-12-27-21(17-23)18-30-34(27)25-10-3-20(4-11-25)28(36)31-22-5-6-22/h1-4,7-12,17-18,22,26,35H,5-6,13-16H2,(H,31,36)(H,32,37). The van der Waals surface area contributed by atoms with Crippen LogP contribution < -0.4 is 15.5 Å². The molecule has 0 spiro atoms. The first-order valence-corrected chi connectivity index (χ1v) is 12.8. The number of piperidine rings is 1. The van der Waals surface area contributed by atoms with Gasteiger partial charge in [0.15, 0.2) is 0 Å². The number of fused-ring (bicyclic) bond motifs is 1. The molecule has 6 rings (SSSR count). The van der Waals surface area contributed by atoms with Gasteiger partial charge >= 0.3 is 0 Å². The number of nitrogens with zero attached hydrogens (tertiary/aromatic N) is 3. The van der Waals surface area contributed by atoms with E-state index in [1.165, 1.54) is 0 Å². The molecule has 8 nitrogen and oxygen atoms in total. The maximum atomic E-state index is 12.9. The fraction of sp³-hybridized carbons (Fsp3) is 0.276. The van der Waals surface area contributed by atoms with E-state index in [2.05, 4.69) is 20.6 Å². The molecule has 3 aromatic carbocycles. The summed E-state index contributed by atoms with van der Waals surface area (Å²) in [5.41, 5.74) is 4.75. The van der Waals surface area contributed by atoms with Crippen molar-refractivity contribution >= 4 is 34.1 Å². The lowest BCUT2D eigenvalue weighted by molar-refractivity contribution is 0.0950. The van der Waals surface area contributed by atoms with Crippen molar-refractivity contribution in [1.82, 2.24) is 15.1 Å². The first kappa shape index (κ1) is 23.2. The molecule has 1 saturated heterocycles. The van der Waals surface area contributed by atoms with E-state index in [4.69, 9.17) is 0 Å². The highest BCUT2D eigenvalue weighted by Gasteiger charge is 2.23. The minimum absolute atomic E-state index is 0.0410. The number of amides is 2. The molecule has 4 aromatic rings. The molecular formula is C29H29N5O3. The summed E-state index contributed by atoms with van der Waals surface area (Å²) in [6.45, 7) is 1.64. The fourth-order valence-corrected chi connectivity index (χ4v) is 4.72. The molecule has 2 fully saturated rings. The van der Waals surface area contributed by atoms with Crippen molar-refractivity contribution in [2.45, 2.75) is 37.8 Å². The maximum Gasteiger partial charge on any atom is 0.255 e. The van der Waals surface area contributed by atoms with Crippen LogP contribution in [0.4, 0.5) is 11.4 Å². The van der Waals surface area contributed by atoms with Crippen LogP contribution in [0.2, 0.25) is 0 Å². The third kappa shape index (κ3) is 5.06. The van der Waals surface area contributed by atoms with Crippen LogP contribution in [0.3, 0.4) is 0 Å². The molecule has 8 heteroatoms. The van der Waals surface area contributed by atoms with Gasteiger partial charge in [0.25, 0.3) is 11.8 Å². The second-order valence-corrected chi connectivity index (χ2v) is 9.84. The van der Waals surface area contributed by atoms with Gasteiger partial charge in [0.05, 0.1) is 23.5 Å². The smallest absolute Gasteiger partial charge is 0.255 e. The van der Waals surface area contributed by atoms with E-state index < -0.39 is 0 Å². The molecule has 0 radical (unpaired) electrons. The SMILES string of the molecule is O=C(Nc1ccc2c(cnn2-c2ccc(C(=O)NC3CC3)cc2)c1)c1ccc(N2CCC(O)CC2)cc1. The second-order valence-electron chi connectivity index (χ2n) is 9.84. The fourth-order valence-electron chi connectivity index (χ4n) is 4.72. The van der Waals surface area contributed by atoms with Crippen molar-refractivity contribution in [3.05, 3.63) is 84.1 Å². The van der Waals surface area contributed by atoms with Gasteiger partial charge in [-0.25, -0.2) is 4.68 Å². The van der Waals surface area contributed by atoms with Gasteiger partial charge in [0.1, 0.15) is 0 Å². The first-order chi connectivity index (χ1) is 18.0. The third-order valence-electron chi connectivity index (χ3n) is 7.07. The van der Waals surface area contributed by atoms with Crippen molar-refractivity contribution in [2.24, 2.45) is 0 Å². The Kier molecular flexibility index (Phi) is 6.10. The van der Waals surface area contributed by atoms with E-state index in [1.54, 1.807) is 6.20 Å². The van der Waals surface area contributed by atoms with Crippen LogP contribution >= 0.6 is 0 Å². The molecule has 2 amide bonds. The van der Waals surface area contributed by atoms with E-state index in [1.807, 2.05) is 71.4 Å². The summed E-state index contributed by atoms with van der Waals surface area (Å²) in [7, 11) is 0. The molecule has 0 atom stereocenters. The predicted molar refractivity (Wildman–Crippen MR) is 143 cm³/mol. The van der Waals surface area contributed by atoms with Gasteiger partial charge in [-0.05, 0) is 92.4 Å². The number of nitrogens with one attached hydrogen (secondary N) is 2. The largest absolute Gasteiger partial charge is 0.393 e. The van der Waals surface area contributed by atoms with Crippen LogP contribution in [0.5, 0.6) is 0 Å². The quantitative estimate of drug-likeness (QED) is 0.374. The van der Waals surface area contributed by atoms with E-state index >= 15 is 0 Å². The molecule has 3 N–H and O–H groups in total. The third-order valence-corrected chi connectivity index (χ3v) is 7.07. The number of hydrogen-bond acceptors (Lipinski definition) is 5. The van der Waals surface area contributed by atoms with Gasteiger partial charge < -0.3 is 20.6 Å². The van der Waals surface area contributed by atoms with Crippen LogP contribution in [0.1, 0.15) is 46.4 Å². The summed E-state index contributed by atoms with van der Waals surface area (Å²) in [5.74, 6) is -0.215. The van der Waals surface area contributed by atoms with Gasteiger partial charge in [-0.1, -0.05) is 0 Å². The average molecular weight is 496 g/mol. The van der Waals surface area contributed by atoms with Gasteiger partial charge in [-0.3, -0.25) is 9.59 Å². The van der Waals surface area contributed by atoms with Crippen molar-refractivity contribution in [2.75, 3.05) is 23.3 Å². The van der Waals surface area contributed by atoms with E-state index in [9.17, 15) is 14.7 Å². The minimum atomic E-state index is -0.212. The molecule has 188 valence electrons. The van der Waals surface area contributed by atoms with Gasteiger partial charge in [0, 0.05) is 47.0 Å². The Bertz CT molecular complexity index is 1430. The zero-order valence-electron chi connectivity index (χ0n) is 20.4. The van der Waals surface area contributed by atoms with Gasteiger partial charge in [0.2, 0.25) is 0 Å². The number of carbonyl (C=O) groups is 2. The van der Waals surface area contributed by atoms with Crippen LogP contribution in [0.25, 0.3) is 16.6 Å². The highest BCUT2D eigenvalue weighted by molar-refractivity contribution is 6.05. The molecule has 1 saturated carbocycles. The Morgan fingerprint density at radius 2 is 1.46 bits per heavy atom. The maximum absolute atomic E-state index is 12.9. The summed E-state index contributed by atoms with van der Waals surface area (Å²) in [4.78, 5) is 27.3. The van der Waals surface area contributed by atoms with Crippen LogP contribution in [-0.4, -0.2) is 51.9 Å². The lowest BCUT2D eigenvalue weighted by atomic mass is 10.1. The van der Waals surface area contributed by atoms with Crippen molar-refractivity contribution in [1.29, 1.82) is 0 Å². The number of anilines is 2. The molecular weight excluding hydrogens is 466 g/mol. The summed E-state index contributed by atoms with van der Waals surface area (Å²) in [6.07, 6.45) is 5.21. The number of carbonyl (C=O) groups excluding carboxylic acids is 2. The molecule has 0 bridgehead atoms. The zero-order chi connectivity index (χ0) is 25.4. The summed E-state index contributed by atoms with van der Waals surface area (Å²) >= 11 is 0. The lowest BCUT2D eigenvalue weighted by Crippen LogP contribution is -2.35. The molecule has 1 aromatic heterocycles. The highest BCUT2D eigenvalue weighted by atomic mass is 16.3. The normalized spacial score (nSPS) is 16.1. The number of hydrogen-bond donors (Lipinski definition) is 3. The van der Waals surface area contributed by atoms with Crippen LogP contribution in [-0.2, 0) is 0 Å². The lowest BCUT2D eigenvalue weighted by Gasteiger charge is -2.31. The van der Waals surface area contributed by atoms with Crippen molar-refractivity contribution in [3.8, 4) is 5.69 Å². The van der Waals surface area contributed by atoms with E-state index in [0.717, 1.165) is 61.1 Å². The summed E-state index contributed by atoms with van der Waals surface area (Å²) < 4.78 is 1.82. The minimum Gasteiger partial charge on any atom is -0.393 e. The van der Waals surface area contributed by atoms with E-state index in [0.29, 0.717) is 22.9 Å². The Morgan fingerprint density at radius 3 is 2.14 bits per heavy atom. The average Bonchev–Trinajstić information content (AvgIpc) is 3.64. The molecule has 0 unspecified atom stereocenters. The molecule has 1 aliphatic carbocycles. The number of rotatable bonds is 6. The number of aliphatic hydroxyl groups excluding tert-OH is 1. The van der Waals surface area contributed by atoms with Gasteiger partial charge in [-0.15, -0.1) is 0 Å².